The Kier molecular flexibility index (Phi) is 6.95. The van der Waals surface area contributed by atoms with Crippen LogP contribution < -0.4 is 16.2 Å². The standard InChI is InChI=1S/C26H34N8O4/c1-26(2,3)38-17-13-33(14-17)25(37)28-20-7-5-6-18(19(20)15-35)21-11-22(24(36)30-29-21)27-23-10-16-12-32(4)8-9-34(16)31-23/h5-7,10-11,17,35H,8-9,12-15H2,1-4H3,(H,28,37)(H,30,36)(H,27,29,31). The molecule has 2 aromatic heterocycles. The maximum absolute atomic E-state index is 12.8. The molecule has 0 atom stereocenters. The van der Waals surface area contributed by atoms with Crippen LogP contribution in [-0.4, -0.2) is 79.3 Å². The van der Waals surface area contributed by atoms with Crippen LogP contribution in [0.1, 0.15) is 32.0 Å². The van der Waals surface area contributed by atoms with Gasteiger partial charge in [0.2, 0.25) is 0 Å². The van der Waals surface area contributed by atoms with E-state index in [1.165, 1.54) is 0 Å². The number of urea groups is 1. The molecule has 1 fully saturated rings. The molecule has 3 aromatic rings. The number of carbonyl (C=O) groups is 1. The van der Waals surface area contributed by atoms with E-state index in [4.69, 9.17) is 4.74 Å². The molecule has 0 radical (unpaired) electrons. The topological polar surface area (TPSA) is 141 Å². The number of nitrogens with one attached hydrogen (secondary N) is 3. The fourth-order valence-corrected chi connectivity index (χ4v) is 4.72. The first kappa shape index (κ1) is 25.9. The molecule has 1 aromatic carbocycles. The number of aromatic nitrogens is 4. The van der Waals surface area contributed by atoms with Gasteiger partial charge in [-0.05, 0) is 40.0 Å². The average Bonchev–Trinajstić information content (AvgIpc) is 3.23. The highest BCUT2D eigenvalue weighted by Gasteiger charge is 2.34. The molecular weight excluding hydrogens is 488 g/mol. The Bertz CT molecular complexity index is 1390. The Morgan fingerprint density at radius 2 is 2.00 bits per heavy atom. The summed E-state index contributed by atoms with van der Waals surface area (Å²) in [5.41, 5.74) is 2.69. The lowest BCUT2D eigenvalue weighted by molar-refractivity contribution is -0.110. The highest BCUT2D eigenvalue weighted by molar-refractivity contribution is 5.92. The molecule has 2 aliphatic heterocycles. The number of hydrogen-bond acceptors (Lipinski definition) is 8. The van der Waals surface area contributed by atoms with Crippen LogP contribution in [0.3, 0.4) is 0 Å². The zero-order chi connectivity index (χ0) is 27.0. The summed E-state index contributed by atoms with van der Waals surface area (Å²) in [7, 11) is 2.06. The molecule has 0 bridgehead atoms. The number of nitrogens with zero attached hydrogens (tertiary/aromatic N) is 5. The van der Waals surface area contributed by atoms with Gasteiger partial charge >= 0.3 is 6.03 Å². The summed E-state index contributed by atoms with van der Waals surface area (Å²) >= 11 is 0. The number of likely N-dealkylation sites (tertiary alicyclic amines) is 1. The van der Waals surface area contributed by atoms with Gasteiger partial charge in [0.15, 0.2) is 5.82 Å². The number of anilines is 3. The number of fused-ring (bicyclic) bond motifs is 1. The Labute approximate surface area is 220 Å². The first-order chi connectivity index (χ1) is 18.1. The second-order valence-electron chi connectivity index (χ2n) is 10.8. The van der Waals surface area contributed by atoms with Crippen molar-refractivity contribution in [3.8, 4) is 11.3 Å². The number of amides is 2. The van der Waals surface area contributed by atoms with E-state index in [1.54, 1.807) is 29.2 Å². The number of likely N-dealkylation sites (N-methyl/N-ethyl adjacent to an activating group) is 1. The number of aliphatic hydroxyl groups is 1. The Balaban J connectivity index is 1.33. The lowest BCUT2D eigenvalue weighted by Crippen LogP contribution is -2.57. The first-order valence-corrected chi connectivity index (χ1v) is 12.7. The van der Waals surface area contributed by atoms with Gasteiger partial charge < -0.3 is 25.4 Å². The van der Waals surface area contributed by atoms with Crippen LogP contribution in [0, 0.1) is 0 Å². The molecule has 1 saturated heterocycles. The summed E-state index contributed by atoms with van der Waals surface area (Å²) in [6, 6.07) is 8.56. The fraction of sp³-hybridized carbons (Fsp3) is 0.462. The molecule has 2 amide bonds. The molecule has 12 heteroatoms. The van der Waals surface area contributed by atoms with Gasteiger partial charge in [0, 0.05) is 36.0 Å². The van der Waals surface area contributed by atoms with Gasteiger partial charge in [-0.15, -0.1) is 0 Å². The van der Waals surface area contributed by atoms with Crippen molar-refractivity contribution < 1.29 is 14.6 Å². The van der Waals surface area contributed by atoms with Crippen LogP contribution in [0.15, 0.2) is 35.1 Å². The molecule has 5 rings (SSSR count). The minimum atomic E-state index is -0.392. The van der Waals surface area contributed by atoms with Crippen LogP contribution in [0.4, 0.5) is 22.0 Å². The molecule has 202 valence electrons. The first-order valence-electron chi connectivity index (χ1n) is 12.7. The Morgan fingerprint density at radius 3 is 2.74 bits per heavy atom. The van der Waals surface area contributed by atoms with E-state index in [-0.39, 0.29) is 30.0 Å². The minimum Gasteiger partial charge on any atom is -0.392 e. The van der Waals surface area contributed by atoms with E-state index in [0.29, 0.717) is 41.4 Å². The molecule has 38 heavy (non-hydrogen) atoms. The van der Waals surface area contributed by atoms with Crippen molar-refractivity contribution in [2.24, 2.45) is 0 Å². The second-order valence-corrected chi connectivity index (χ2v) is 10.8. The third-order valence-electron chi connectivity index (χ3n) is 6.56. The van der Waals surface area contributed by atoms with E-state index < -0.39 is 5.56 Å². The quantitative estimate of drug-likeness (QED) is 0.387. The molecule has 0 saturated carbocycles. The van der Waals surface area contributed by atoms with Crippen molar-refractivity contribution in [3.63, 3.8) is 0 Å². The minimum absolute atomic E-state index is 0.00225. The van der Waals surface area contributed by atoms with Crippen LogP contribution in [0.2, 0.25) is 0 Å². The van der Waals surface area contributed by atoms with Crippen molar-refractivity contribution in [2.75, 3.05) is 37.3 Å². The lowest BCUT2D eigenvalue weighted by Gasteiger charge is -2.41. The monoisotopic (exact) mass is 522 g/mol. The number of H-pyrrole nitrogens is 1. The number of ether oxygens (including phenoxy) is 1. The highest BCUT2D eigenvalue weighted by Crippen LogP contribution is 2.30. The normalized spacial score (nSPS) is 16.2. The number of benzene rings is 1. The zero-order valence-corrected chi connectivity index (χ0v) is 22.1. The second kappa shape index (κ2) is 10.2. The van der Waals surface area contributed by atoms with E-state index in [1.807, 2.05) is 31.5 Å². The van der Waals surface area contributed by atoms with Gasteiger partial charge in [-0.3, -0.25) is 14.4 Å². The maximum atomic E-state index is 12.8. The summed E-state index contributed by atoms with van der Waals surface area (Å²) in [4.78, 5) is 29.2. The maximum Gasteiger partial charge on any atom is 0.322 e. The van der Waals surface area contributed by atoms with Gasteiger partial charge in [-0.2, -0.15) is 10.2 Å². The predicted molar refractivity (Wildman–Crippen MR) is 143 cm³/mol. The lowest BCUT2D eigenvalue weighted by atomic mass is 10.0. The summed E-state index contributed by atoms with van der Waals surface area (Å²) in [5.74, 6) is 0.574. The number of hydrogen-bond donors (Lipinski definition) is 4. The summed E-state index contributed by atoms with van der Waals surface area (Å²) in [5, 5.41) is 27.5. The van der Waals surface area contributed by atoms with E-state index >= 15 is 0 Å². The third-order valence-corrected chi connectivity index (χ3v) is 6.56. The van der Waals surface area contributed by atoms with Crippen molar-refractivity contribution >= 4 is 23.2 Å². The Morgan fingerprint density at radius 1 is 1.21 bits per heavy atom. The molecular formula is C26H34N8O4. The van der Waals surface area contributed by atoms with E-state index in [2.05, 4.69) is 37.9 Å². The number of rotatable bonds is 6. The number of carbonyl (C=O) groups excluding carboxylic acids is 1. The SMILES string of the molecule is CN1CCn2nc(Nc3cc(-c4cccc(NC(=O)N5CC(OC(C)(C)C)C5)c4CO)n[nH]c3=O)cc2C1. The average molecular weight is 523 g/mol. The van der Waals surface area contributed by atoms with Gasteiger partial charge in [0.25, 0.3) is 5.56 Å². The molecule has 4 N–H and O–H groups in total. The van der Waals surface area contributed by atoms with Crippen molar-refractivity contribution in [3.05, 3.63) is 51.9 Å². The van der Waals surface area contributed by atoms with Crippen LogP contribution in [-0.2, 0) is 24.4 Å². The van der Waals surface area contributed by atoms with Crippen molar-refractivity contribution in [1.29, 1.82) is 0 Å². The summed E-state index contributed by atoms with van der Waals surface area (Å²) in [6.45, 7) is 9.12. The Hall–Kier alpha value is -3.74. The van der Waals surface area contributed by atoms with Gasteiger partial charge in [0.05, 0.1) is 49.3 Å². The third kappa shape index (κ3) is 5.57. The van der Waals surface area contributed by atoms with Gasteiger partial charge in [-0.1, -0.05) is 12.1 Å². The van der Waals surface area contributed by atoms with E-state index in [0.717, 1.165) is 25.3 Å². The fourth-order valence-electron chi connectivity index (χ4n) is 4.72. The number of aliphatic hydroxyl groups excluding tert-OH is 1. The largest absolute Gasteiger partial charge is 0.392 e. The van der Waals surface area contributed by atoms with Crippen LogP contribution in [0.25, 0.3) is 11.3 Å². The van der Waals surface area contributed by atoms with Gasteiger partial charge in [-0.25, -0.2) is 9.89 Å². The molecule has 12 nitrogen and oxygen atoms in total. The van der Waals surface area contributed by atoms with Crippen LogP contribution >= 0.6 is 0 Å². The highest BCUT2D eigenvalue weighted by atomic mass is 16.5. The summed E-state index contributed by atoms with van der Waals surface area (Å²) < 4.78 is 7.84. The van der Waals surface area contributed by atoms with Crippen molar-refractivity contribution in [2.45, 2.75) is 52.2 Å². The van der Waals surface area contributed by atoms with Crippen molar-refractivity contribution in [1.82, 2.24) is 29.8 Å². The van der Waals surface area contributed by atoms with E-state index in [9.17, 15) is 14.7 Å². The van der Waals surface area contributed by atoms with Crippen LogP contribution in [0.5, 0.6) is 0 Å². The zero-order valence-electron chi connectivity index (χ0n) is 22.1. The van der Waals surface area contributed by atoms with Gasteiger partial charge in [0.1, 0.15) is 5.69 Å². The smallest absolute Gasteiger partial charge is 0.322 e. The molecule has 0 spiro atoms. The molecule has 4 heterocycles. The molecule has 2 aliphatic rings. The predicted octanol–water partition coefficient (Wildman–Crippen LogP) is 2.35. The molecule has 0 aliphatic carbocycles. The number of aromatic amines is 1. The molecule has 0 unspecified atom stereocenters. The summed E-state index contributed by atoms with van der Waals surface area (Å²) in [6.07, 6.45) is 0.00225.